The van der Waals surface area contributed by atoms with Crippen LogP contribution in [-0.2, 0) is 17.6 Å². The Hall–Kier alpha value is -1.07. The van der Waals surface area contributed by atoms with Crippen molar-refractivity contribution in [1.82, 2.24) is 0 Å². The number of hydrogen-bond acceptors (Lipinski definition) is 3. The van der Waals surface area contributed by atoms with E-state index >= 15 is 0 Å². The molecule has 30 heavy (non-hydrogen) atoms. The van der Waals surface area contributed by atoms with Crippen LogP contribution in [0.1, 0.15) is 57.9 Å². The molecule has 1 aliphatic rings. The van der Waals surface area contributed by atoms with Crippen LogP contribution < -0.4 is 9.47 Å². The van der Waals surface area contributed by atoms with Crippen molar-refractivity contribution in [1.29, 1.82) is 0 Å². The zero-order chi connectivity index (χ0) is 21.8. The summed E-state index contributed by atoms with van der Waals surface area (Å²) in [6.07, 6.45) is 8.32. The van der Waals surface area contributed by atoms with Crippen LogP contribution in [0, 0.1) is 0 Å². The van der Waals surface area contributed by atoms with Gasteiger partial charge in [0, 0.05) is 6.42 Å². The average Bonchev–Trinajstić information content (AvgIpc) is 3.21. The van der Waals surface area contributed by atoms with E-state index in [0.717, 1.165) is 30.1 Å². The topological polar surface area (TPSA) is 41.5 Å². The van der Waals surface area contributed by atoms with Gasteiger partial charge < -0.3 is 14.0 Å². The third-order valence-electron chi connectivity index (χ3n) is 4.93. The van der Waals surface area contributed by atoms with Gasteiger partial charge in [0.1, 0.15) is 11.0 Å². The van der Waals surface area contributed by atoms with E-state index < -0.39 is 11.2 Å². The minimum absolute atomic E-state index is 0.191. The molecule has 3 rings (SSSR count). The number of benzene rings is 2. The second kappa shape index (κ2) is 14.1. The van der Waals surface area contributed by atoms with Crippen LogP contribution in [0.15, 0.2) is 42.5 Å². The van der Waals surface area contributed by atoms with Gasteiger partial charge in [0.15, 0.2) is 11.5 Å². The summed E-state index contributed by atoms with van der Waals surface area (Å²) in [5, 5.41) is 1.40. The number of halogens is 2. The summed E-state index contributed by atoms with van der Waals surface area (Å²) < 4.78 is 23.0. The predicted molar refractivity (Wildman–Crippen MR) is 129 cm³/mol. The Bertz CT molecular complexity index is 736. The van der Waals surface area contributed by atoms with Crippen molar-refractivity contribution in [3.63, 3.8) is 0 Å². The quantitative estimate of drug-likeness (QED) is 0.267. The van der Waals surface area contributed by atoms with Gasteiger partial charge in [-0.3, -0.25) is 0 Å². The van der Waals surface area contributed by atoms with Crippen molar-refractivity contribution in [2.24, 2.45) is 0 Å². The Morgan fingerprint density at radius 2 is 1.57 bits per heavy atom. The normalized spacial score (nSPS) is 14.0. The Morgan fingerprint density at radius 1 is 0.933 bits per heavy atom. The molecule has 0 aliphatic carbocycles. The third-order valence-corrected chi connectivity index (χ3v) is 7.44. The van der Waals surface area contributed by atoms with Crippen LogP contribution in [0.25, 0.3) is 0 Å². The highest BCUT2D eigenvalue weighted by molar-refractivity contribution is 7.91. The highest BCUT2D eigenvalue weighted by Gasteiger charge is 2.19. The summed E-state index contributed by atoms with van der Waals surface area (Å²) in [5.41, 5.74) is 1.17. The van der Waals surface area contributed by atoms with Crippen molar-refractivity contribution in [2.75, 3.05) is 12.5 Å². The largest absolute Gasteiger partial charge is 0.616 e. The SMILES string of the molecule is CCCCCCCC[S+]([O-])C(C)Cc1ccc2c(c1)OCO2.Clc1ccccc1Cl. The van der Waals surface area contributed by atoms with Gasteiger partial charge in [-0.15, -0.1) is 0 Å². The summed E-state index contributed by atoms with van der Waals surface area (Å²) in [6, 6.07) is 13.2. The summed E-state index contributed by atoms with van der Waals surface area (Å²) in [5.74, 6) is 2.45. The van der Waals surface area contributed by atoms with E-state index in [1.165, 1.54) is 37.7 Å². The molecule has 0 aromatic heterocycles. The van der Waals surface area contributed by atoms with E-state index in [0.29, 0.717) is 16.8 Å². The molecule has 1 aliphatic heterocycles. The number of hydrogen-bond donors (Lipinski definition) is 0. The highest BCUT2D eigenvalue weighted by Crippen LogP contribution is 2.33. The fourth-order valence-electron chi connectivity index (χ4n) is 3.16. The number of ether oxygens (including phenoxy) is 2. The summed E-state index contributed by atoms with van der Waals surface area (Å²) in [6.45, 7) is 4.61. The molecule has 0 saturated heterocycles. The molecule has 0 N–H and O–H groups in total. The third kappa shape index (κ3) is 8.97. The second-order valence-electron chi connectivity index (χ2n) is 7.47. The molecule has 1 heterocycles. The fourth-order valence-corrected chi connectivity index (χ4v) is 4.70. The van der Waals surface area contributed by atoms with E-state index in [2.05, 4.69) is 13.8 Å². The molecular formula is C24H32Cl2O3S. The summed E-state index contributed by atoms with van der Waals surface area (Å²) in [4.78, 5) is 0. The minimum atomic E-state index is -0.743. The first-order chi connectivity index (χ1) is 14.5. The van der Waals surface area contributed by atoms with Gasteiger partial charge in [-0.05, 0) is 49.6 Å². The van der Waals surface area contributed by atoms with Crippen molar-refractivity contribution < 1.29 is 14.0 Å². The van der Waals surface area contributed by atoms with Crippen LogP contribution >= 0.6 is 23.2 Å². The summed E-state index contributed by atoms with van der Waals surface area (Å²) >= 11 is 10.4. The van der Waals surface area contributed by atoms with E-state index in [-0.39, 0.29) is 5.25 Å². The predicted octanol–water partition coefficient (Wildman–Crippen LogP) is 7.45. The first-order valence-electron chi connectivity index (χ1n) is 10.7. The molecule has 6 heteroatoms. The molecule has 0 fully saturated rings. The number of rotatable bonds is 10. The molecule has 2 aromatic carbocycles. The Kier molecular flexibility index (Phi) is 11.8. The molecule has 0 bridgehead atoms. The molecule has 0 amide bonds. The van der Waals surface area contributed by atoms with Crippen LogP contribution in [0.3, 0.4) is 0 Å². The Labute approximate surface area is 194 Å². The van der Waals surface area contributed by atoms with Crippen molar-refractivity contribution in [3.8, 4) is 11.5 Å². The molecular weight excluding hydrogens is 439 g/mol. The lowest BCUT2D eigenvalue weighted by Crippen LogP contribution is -2.23. The highest BCUT2D eigenvalue weighted by atomic mass is 35.5. The molecule has 2 unspecified atom stereocenters. The Morgan fingerprint density at radius 3 is 2.23 bits per heavy atom. The van der Waals surface area contributed by atoms with Crippen LogP contribution in [0.4, 0.5) is 0 Å². The zero-order valence-electron chi connectivity index (χ0n) is 17.9. The van der Waals surface area contributed by atoms with Gasteiger partial charge in [-0.25, -0.2) is 0 Å². The van der Waals surface area contributed by atoms with Crippen LogP contribution in [-0.4, -0.2) is 22.3 Å². The molecule has 2 atom stereocenters. The molecule has 166 valence electrons. The van der Waals surface area contributed by atoms with Crippen molar-refractivity contribution >= 4 is 34.4 Å². The van der Waals surface area contributed by atoms with Gasteiger partial charge in [-0.2, -0.15) is 0 Å². The first-order valence-corrected chi connectivity index (χ1v) is 12.8. The van der Waals surface area contributed by atoms with E-state index in [9.17, 15) is 4.55 Å². The standard InChI is InChI=1S/C18H28O3S.C6H4Cl2/c1-3-4-5-6-7-8-11-22(19)15(2)12-16-9-10-17-18(13-16)21-14-20-17;7-5-3-1-2-4-6(5)8/h9-10,13,15H,3-8,11-12,14H2,1-2H3;1-4H. The van der Waals surface area contributed by atoms with Gasteiger partial charge in [0.25, 0.3) is 0 Å². The smallest absolute Gasteiger partial charge is 0.231 e. The van der Waals surface area contributed by atoms with Crippen LogP contribution in [0.5, 0.6) is 11.5 Å². The maximum Gasteiger partial charge on any atom is 0.231 e. The minimum Gasteiger partial charge on any atom is -0.616 e. The van der Waals surface area contributed by atoms with E-state index in [1.807, 2.05) is 30.3 Å². The van der Waals surface area contributed by atoms with Crippen molar-refractivity contribution in [3.05, 3.63) is 58.1 Å². The maximum absolute atomic E-state index is 12.3. The lowest BCUT2D eigenvalue weighted by atomic mass is 10.1. The van der Waals surface area contributed by atoms with E-state index in [1.54, 1.807) is 12.1 Å². The van der Waals surface area contributed by atoms with Gasteiger partial charge >= 0.3 is 0 Å². The maximum atomic E-state index is 12.3. The zero-order valence-corrected chi connectivity index (χ0v) is 20.2. The fraction of sp³-hybridized carbons (Fsp3) is 0.500. The lowest BCUT2D eigenvalue weighted by Gasteiger charge is -2.18. The molecule has 3 nitrogen and oxygen atoms in total. The van der Waals surface area contributed by atoms with Gasteiger partial charge in [0.2, 0.25) is 6.79 Å². The van der Waals surface area contributed by atoms with E-state index in [4.69, 9.17) is 32.7 Å². The van der Waals surface area contributed by atoms with Gasteiger partial charge in [0.05, 0.1) is 10.0 Å². The molecule has 2 aromatic rings. The molecule has 0 saturated carbocycles. The van der Waals surface area contributed by atoms with Crippen molar-refractivity contribution in [2.45, 2.75) is 64.0 Å². The molecule has 0 spiro atoms. The van der Waals surface area contributed by atoms with Crippen LogP contribution in [0.2, 0.25) is 10.0 Å². The monoisotopic (exact) mass is 470 g/mol. The summed E-state index contributed by atoms with van der Waals surface area (Å²) in [7, 11) is 0. The average molecular weight is 471 g/mol. The lowest BCUT2D eigenvalue weighted by molar-refractivity contribution is 0.174. The van der Waals surface area contributed by atoms with Gasteiger partial charge in [-0.1, -0.05) is 85.2 Å². The number of unbranched alkanes of at least 4 members (excludes halogenated alkanes) is 5. The first kappa shape index (κ1) is 25.2. The number of fused-ring (bicyclic) bond motifs is 1. The molecule has 0 radical (unpaired) electrons. The Balaban J connectivity index is 0.000000335. The second-order valence-corrected chi connectivity index (χ2v) is 10.3.